The van der Waals surface area contributed by atoms with Gasteiger partial charge in [-0.2, -0.15) is 0 Å². The van der Waals surface area contributed by atoms with Crippen molar-refractivity contribution in [2.75, 3.05) is 37.7 Å². The van der Waals surface area contributed by atoms with E-state index in [9.17, 15) is 0 Å². The predicted molar refractivity (Wildman–Crippen MR) is 85.2 cm³/mol. The quantitative estimate of drug-likeness (QED) is 0.829. The lowest BCUT2D eigenvalue weighted by Crippen LogP contribution is -2.29. The van der Waals surface area contributed by atoms with E-state index in [0.29, 0.717) is 0 Å². The van der Waals surface area contributed by atoms with Crippen molar-refractivity contribution in [2.24, 2.45) is 0 Å². The molecule has 0 atom stereocenters. The molecule has 1 aliphatic heterocycles. The number of hydrogen-bond donors (Lipinski definition) is 1. The van der Waals surface area contributed by atoms with Crippen LogP contribution in [0.2, 0.25) is 0 Å². The zero-order valence-electron chi connectivity index (χ0n) is 12.7. The highest BCUT2D eigenvalue weighted by molar-refractivity contribution is 5.47. The standard InChI is InChI=1S/C17H28N2O/c1-2-10-18(13-14-20)15-16-6-8-17(9-7-16)19-11-4-3-5-12-19/h6-9,20H,2-5,10-15H2,1H3. The van der Waals surface area contributed by atoms with Crippen LogP contribution in [0.4, 0.5) is 5.69 Å². The predicted octanol–water partition coefficient (Wildman–Crippen LogP) is 2.88. The normalized spacial score (nSPS) is 15.8. The van der Waals surface area contributed by atoms with Crippen LogP contribution in [0.25, 0.3) is 0 Å². The number of rotatable bonds is 7. The maximum Gasteiger partial charge on any atom is 0.0558 e. The third-order valence-electron chi connectivity index (χ3n) is 4.02. The van der Waals surface area contributed by atoms with E-state index in [1.54, 1.807) is 0 Å². The molecule has 2 rings (SSSR count). The minimum absolute atomic E-state index is 0.242. The highest BCUT2D eigenvalue weighted by Crippen LogP contribution is 2.20. The number of aliphatic hydroxyl groups excluding tert-OH is 1. The molecule has 3 nitrogen and oxygen atoms in total. The summed E-state index contributed by atoms with van der Waals surface area (Å²) in [5, 5.41) is 9.11. The van der Waals surface area contributed by atoms with E-state index in [1.165, 1.54) is 43.6 Å². The lowest BCUT2D eigenvalue weighted by atomic mass is 10.1. The fraction of sp³-hybridized carbons (Fsp3) is 0.647. The van der Waals surface area contributed by atoms with Gasteiger partial charge in [0.2, 0.25) is 0 Å². The highest BCUT2D eigenvalue weighted by Gasteiger charge is 2.11. The molecule has 0 saturated carbocycles. The number of piperidine rings is 1. The molecule has 1 saturated heterocycles. The van der Waals surface area contributed by atoms with Crippen LogP contribution in [-0.2, 0) is 6.54 Å². The van der Waals surface area contributed by atoms with Crippen LogP contribution in [0, 0.1) is 0 Å². The molecule has 0 spiro atoms. The Hall–Kier alpha value is -1.06. The van der Waals surface area contributed by atoms with Crippen molar-refractivity contribution in [3.05, 3.63) is 29.8 Å². The smallest absolute Gasteiger partial charge is 0.0558 e. The van der Waals surface area contributed by atoms with E-state index in [0.717, 1.165) is 26.1 Å². The summed E-state index contributed by atoms with van der Waals surface area (Å²) >= 11 is 0. The van der Waals surface area contributed by atoms with Crippen LogP contribution < -0.4 is 4.90 Å². The number of nitrogens with zero attached hydrogens (tertiary/aromatic N) is 2. The average Bonchev–Trinajstić information content (AvgIpc) is 2.49. The van der Waals surface area contributed by atoms with E-state index < -0.39 is 0 Å². The van der Waals surface area contributed by atoms with Crippen LogP contribution in [0.15, 0.2) is 24.3 Å². The van der Waals surface area contributed by atoms with Crippen LogP contribution in [0.5, 0.6) is 0 Å². The van der Waals surface area contributed by atoms with Gasteiger partial charge in [-0.15, -0.1) is 0 Å². The van der Waals surface area contributed by atoms with E-state index in [-0.39, 0.29) is 6.61 Å². The molecule has 0 aromatic heterocycles. The minimum Gasteiger partial charge on any atom is -0.395 e. The summed E-state index contributed by atoms with van der Waals surface area (Å²) in [6.45, 7) is 7.58. The van der Waals surface area contributed by atoms with Crippen molar-refractivity contribution in [2.45, 2.75) is 39.2 Å². The molecule has 0 unspecified atom stereocenters. The first-order valence-corrected chi connectivity index (χ1v) is 8.00. The van der Waals surface area contributed by atoms with Gasteiger partial charge in [0.25, 0.3) is 0 Å². The summed E-state index contributed by atoms with van der Waals surface area (Å²) < 4.78 is 0. The summed E-state index contributed by atoms with van der Waals surface area (Å²) in [6, 6.07) is 8.99. The number of benzene rings is 1. The summed E-state index contributed by atoms with van der Waals surface area (Å²) in [6.07, 6.45) is 5.15. The molecular weight excluding hydrogens is 248 g/mol. The summed E-state index contributed by atoms with van der Waals surface area (Å²) in [5.74, 6) is 0. The molecule has 0 bridgehead atoms. The summed E-state index contributed by atoms with van der Waals surface area (Å²) in [7, 11) is 0. The lowest BCUT2D eigenvalue weighted by Gasteiger charge is -2.29. The Bertz CT molecular complexity index is 365. The molecule has 20 heavy (non-hydrogen) atoms. The van der Waals surface area contributed by atoms with Gasteiger partial charge in [-0.1, -0.05) is 19.1 Å². The van der Waals surface area contributed by atoms with Crippen molar-refractivity contribution in [1.82, 2.24) is 4.90 Å². The first-order valence-electron chi connectivity index (χ1n) is 8.00. The second-order valence-electron chi connectivity index (χ2n) is 5.71. The maximum absolute atomic E-state index is 9.11. The number of anilines is 1. The first-order chi connectivity index (χ1) is 9.83. The third kappa shape index (κ3) is 4.50. The van der Waals surface area contributed by atoms with Gasteiger partial charge in [-0.3, -0.25) is 4.90 Å². The fourth-order valence-electron chi connectivity index (χ4n) is 2.95. The van der Waals surface area contributed by atoms with E-state index in [2.05, 4.69) is 41.0 Å². The molecule has 1 N–H and O–H groups in total. The Kier molecular flexibility index (Phi) is 6.34. The van der Waals surface area contributed by atoms with Crippen molar-refractivity contribution in [3.8, 4) is 0 Å². The highest BCUT2D eigenvalue weighted by atomic mass is 16.3. The number of hydrogen-bond acceptors (Lipinski definition) is 3. The number of aliphatic hydroxyl groups is 1. The summed E-state index contributed by atoms with van der Waals surface area (Å²) in [4.78, 5) is 4.81. The fourth-order valence-corrected chi connectivity index (χ4v) is 2.95. The van der Waals surface area contributed by atoms with Gasteiger partial charge in [-0.25, -0.2) is 0 Å². The largest absolute Gasteiger partial charge is 0.395 e. The first kappa shape index (κ1) is 15.3. The molecule has 0 aliphatic carbocycles. The monoisotopic (exact) mass is 276 g/mol. The van der Waals surface area contributed by atoms with Crippen molar-refractivity contribution < 1.29 is 5.11 Å². The van der Waals surface area contributed by atoms with Crippen LogP contribution in [0.1, 0.15) is 38.2 Å². The summed E-state index contributed by atoms with van der Waals surface area (Å²) in [5.41, 5.74) is 2.70. The molecule has 112 valence electrons. The van der Waals surface area contributed by atoms with Crippen LogP contribution >= 0.6 is 0 Å². The molecular formula is C17H28N2O. The molecule has 1 aromatic carbocycles. The second kappa shape index (κ2) is 8.28. The zero-order valence-corrected chi connectivity index (χ0v) is 12.7. The van der Waals surface area contributed by atoms with Gasteiger partial charge in [0, 0.05) is 31.9 Å². The van der Waals surface area contributed by atoms with E-state index in [1.807, 2.05) is 0 Å². The maximum atomic E-state index is 9.11. The average molecular weight is 276 g/mol. The third-order valence-corrected chi connectivity index (χ3v) is 4.02. The molecule has 3 heteroatoms. The van der Waals surface area contributed by atoms with Gasteiger partial charge < -0.3 is 10.0 Å². The molecule has 0 amide bonds. The van der Waals surface area contributed by atoms with Crippen LogP contribution in [-0.4, -0.2) is 42.8 Å². The van der Waals surface area contributed by atoms with Gasteiger partial charge in [0.05, 0.1) is 6.61 Å². The van der Waals surface area contributed by atoms with Crippen molar-refractivity contribution in [1.29, 1.82) is 0 Å². The minimum atomic E-state index is 0.242. The molecule has 1 heterocycles. The Labute approximate surface area is 123 Å². The zero-order chi connectivity index (χ0) is 14.2. The van der Waals surface area contributed by atoms with E-state index >= 15 is 0 Å². The Morgan fingerprint density at radius 1 is 1.05 bits per heavy atom. The van der Waals surface area contributed by atoms with Crippen LogP contribution in [0.3, 0.4) is 0 Å². The molecule has 1 aromatic rings. The van der Waals surface area contributed by atoms with Crippen molar-refractivity contribution >= 4 is 5.69 Å². The SMILES string of the molecule is CCCN(CCO)Cc1ccc(N2CCCCC2)cc1. The second-order valence-corrected chi connectivity index (χ2v) is 5.71. The van der Waals surface area contributed by atoms with E-state index in [4.69, 9.17) is 5.11 Å². The Morgan fingerprint density at radius 2 is 1.75 bits per heavy atom. The molecule has 1 fully saturated rings. The van der Waals surface area contributed by atoms with Crippen molar-refractivity contribution in [3.63, 3.8) is 0 Å². The van der Waals surface area contributed by atoms with Gasteiger partial charge in [0.1, 0.15) is 0 Å². The lowest BCUT2D eigenvalue weighted by molar-refractivity contribution is 0.190. The Morgan fingerprint density at radius 3 is 2.35 bits per heavy atom. The molecule has 1 aliphatic rings. The van der Waals surface area contributed by atoms with Gasteiger partial charge in [-0.05, 0) is 49.9 Å². The van der Waals surface area contributed by atoms with Gasteiger partial charge >= 0.3 is 0 Å². The molecule has 0 radical (unpaired) electrons. The van der Waals surface area contributed by atoms with Gasteiger partial charge in [0.15, 0.2) is 0 Å². The Balaban J connectivity index is 1.92. The topological polar surface area (TPSA) is 26.7 Å².